The number of thioether (sulfide) groups is 1. The van der Waals surface area contributed by atoms with Crippen LogP contribution in [0.4, 0.5) is 4.79 Å². The van der Waals surface area contributed by atoms with Crippen LogP contribution in [-0.2, 0) is 4.79 Å². The van der Waals surface area contributed by atoms with Crippen molar-refractivity contribution in [2.24, 2.45) is 0 Å². The van der Waals surface area contributed by atoms with Gasteiger partial charge in [-0.25, -0.2) is 4.79 Å². The Morgan fingerprint density at radius 1 is 1.21 bits per heavy atom. The molecule has 150 valence electrons. The zero-order valence-electron chi connectivity index (χ0n) is 16.0. The van der Waals surface area contributed by atoms with E-state index in [0.717, 1.165) is 11.8 Å². The second kappa shape index (κ2) is 8.09. The second-order valence-corrected chi connectivity index (χ2v) is 8.52. The number of para-hydroxylation sites is 2. The average molecular weight is 406 g/mol. The molecule has 0 fully saturated rings. The third-order valence-corrected chi connectivity index (χ3v) is 4.51. The molecule has 0 saturated carbocycles. The van der Waals surface area contributed by atoms with Gasteiger partial charge in [0.1, 0.15) is 6.61 Å². The molecular formula is C18H22N4O5S. The van der Waals surface area contributed by atoms with Crippen LogP contribution in [-0.4, -0.2) is 39.5 Å². The molecule has 9 nitrogen and oxygen atoms in total. The van der Waals surface area contributed by atoms with E-state index < -0.39 is 28.8 Å². The number of nitrogens with one attached hydrogen (secondary N) is 2. The highest BCUT2D eigenvalue weighted by atomic mass is 32.2. The predicted molar refractivity (Wildman–Crippen MR) is 101 cm³/mol. The zero-order valence-corrected chi connectivity index (χ0v) is 16.8. The molecule has 3 rings (SSSR count). The van der Waals surface area contributed by atoms with Crippen molar-refractivity contribution in [2.75, 3.05) is 6.61 Å². The van der Waals surface area contributed by atoms with E-state index in [1.165, 1.54) is 0 Å². The summed E-state index contributed by atoms with van der Waals surface area (Å²) < 4.78 is 17.1. The number of ether oxygens (including phenoxy) is 2. The molecule has 2 atom stereocenters. The number of hydrogen-bond donors (Lipinski definition) is 2. The molecule has 1 aromatic carbocycles. The fourth-order valence-electron chi connectivity index (χ4n) is 2.33. The molecule has 1 aliphatic rings. The lowest BCUT2D eigenvalue weighted by Gasteiger charge is -2.23. The van der Waals surface area contributed by atoms with Crippen LogP contribution in [0.5, 0.6) is 11.5 Å². The number of fused-ring (bicyclic) bond motifs is 1. The minimum absolute atomic E-state index is 0.205. The molecule has 2 N–H and O–H groups in total. The van der Waals surface area contributed by atoms with E-state index in [1.807, 2.05) is 39.0 Å². The van der Waals surface area contributed by atoms with Crippen molar-refractivity contribution in [3.8, 4) is 11.5 Å². The molecule has 0 spiro atoms. The van der Waals surface area contributed by atoms with E-state index in [9.17, 15) is 9.59 Å². The summed E-state index contributed by atoms with van der Waals surface area (Å²) in [5.74, 6) is 1.06. The Kier molecular flexibility index (Phi) is 5.78. The number of carbonyl (C=O) groups excluding carboxylic acids is 2. The lowest BCUT2D eigenvalue weighted by Crippen LogP contribution is -2.49. The zero-order chi connectivity index (χ0) is 20.3. The molecule has 0 aliphatic carbocycles. The molecule has 1 aromatic heterocycles. The molecular weight excluding hydrogens is 384 g/mol. The van der Waals surface area contributed by atoms with E-state index in [2.05, 4.69) is 20.8 Å². The van der Waals surface area contributed by atoms with Crippen molar-refractivity contribution in [2.45, 2.75) is 49.8 Å². The molecule has 0 bridgehead atoms. The normalized spacial score (nSPS) is 16.9. The Balaban J connectivity index is 1.56. The molecule has 2 heterocycles. The second-order valence-electron chi connectivity index (χ2n) is 7.22. The highest BCUT2D eigenvalue weighted by Crippen LogP contribution is 2.36. The van der Waals surface area contributed by atoms with Gasteiger partial charge in [0.2, 0.25) is 12.0 Å². The number of benzene rings is 1. The maximum atomic E-state index is 12.2. The van der Waals surface area contributed by atoms with Crippen molar-refractivity contribution in [3.63, 3.8) is 0 Å². The Morgan fingerprint density at radius 3 is 2.64 bits per heavy atom. The minimum atomic E-state index is -0.608. The lowest BCUT2D eigenvalue weighted by molar-refractivity contribution is -0.119. The summed E-state index contributed by atoms with van der Waals surface area (Å²) in [6.07, 6.45) is -0.529. The summed E-state index contributed by atoms with van der Waals surface area (Å²) in [5, 5.41) is 12.5. The van der Waals surface area contributed by atoms with Crippen LogP contribution in [0.3, 0.4) is 0 Å². The van der Waals surface area contributed by atoms with Crippen molar-refractivity contribution in [1.29, 1.82) is 0 Å². The Bertz CT molecular complexity index is 864. The van der Waals surface area contributed by atoms with Gasteiger partial charge in [-0.2, -0.15) is 0 Å². The van der Waals surface area contributed by atoms with Crippen molar-refractivity contribution < 1.29 is 23.5 Å². The van der Waals surface area contributed by atoms with E-state index in [4.69, 9.17) is 13.9 Å². The third-order valence-electron chi connectivity index (χ3n) is 3.58. The maximum Gasteiger partial charge on any atom is 0.321 e. The first-order valence-corrected chi connectivity index (χ1v) is 9.61. The van der Waals surface area contributed by atoms with Gasteiger partial charge in [-0.15, -0.1) is 10.2 Å². The predicted octanol–water partition coefficient (Wildman–Crippen LogP) is 2.69. The number of rotatable bonds is 4. The van der Waals surface area contributed by atoms with Gasteiger partial charge >= 0.3 is 6.03 Å². The number of aromatic nitrogens is 2. The molecule has 3 amide bonds. The van der Waals surface area contributed by atoms with Gasteiger partial charge in [0.05, 0.1) is 5.25 Å². The minimum Gasteiger partial charge on any atom is -0.485 e. The van der Waals surface area contributed by atoms with Crippen LogP contribution in [0.25, 0.3) is 0 Å². The van der Waals surface area contributed by atoms with Crippen molar-refractivity contribution in [3.05, 3.63) is 30.2 Å². The highest BCUT2D eigenvalue weighted by molar-refractivity contribution is 8.00. The van der Waals surface area contributed by atoms with Crippen LogP contribution < -0.4 is 20.1 Å². The smallest absolute Gasteiger partial charge is 0.321 e. The molecule has 0 unspecified atom stereocenters. The van der Waals surface area contributed by atoms with E-state index >= 15 is 0 Å². The van der Waals surface area contributed by atoms with Crippen LogP contribution in [0.15, 0.2) is 33.9 Å². The lowest BCUT2D eigenvalue weighted by atomic mass is 10.1. The van der Waals surface area contributed by atoms with Crippen LogP contribution in [0.2, 0.25) is 0 Å². The molecule has 28 heavy (non-hydrogen) atoms. The van der Waals surface area contributed by atoms with Gasteiger partial charge in [-0.05, 0) is 39.8 Å². The first-order valence-electron chi connectivity index (χ1n) is 8.73. The summed E-state index contributed by atoms with van der Waals surface area (Å²) in [7, 11) is 0. The molecule has 10 heteroatoms. The van der Waals surface area contributed by atoms with Gasteiger partial charge in [0, 0.05) is 5.54 Å². The van der Waals surface area contributed by atoms with E-state index in [0.29, 0.717) is 11.5 Å². The molecule has 0 radical (unpaired) electrons. The van der Waals surface area contributed by atoms with Gasteiger partial charge in [-0.1, -0.05) is 23.9 Å². The first kappa shape index (κ1) is 20.0. The van der Waals surface area contributed by atoms with Gasteiger partial charge in [0.15, 0.2) is 11.5 Å². The van der Waals surface area contributed by atoms with Crippen molar-refractivity contribution >= 4 is 23.7 Å². The number of amides is 3. The summed E-state index contributed by atoms with van der Waals surface area (Å²) in [6.45, 7) is 7.36. The molecule has 2 aromatic rings. The van der Waals surface area contributed by atoms with Gasteiger partial charge in [-0.3, -0.25) is 10.1 Å². The number of carbonyl (C=O) groups is 2. The fourth-order valence-corrected chi connectivity index (χ4v) is 3.02. The quantitative estimate of drug-likeness (QED) is 0.745. The third kappa shape index (κ3) is 5.16. The first-order chi connectivity index (χ1) is 13.2. The standard InChI is InChI=1S/C18H22N4O5S/c1-10(14(23)19-16(24)20-18(2,3)4)28-17-22-21-15(27-17)13-9-25-11-7-5-6-8-12(11)26-13/h5-8,10,13H,9H2,1-4H3,(H2,19,20,23,24)/t10-,13-/m0/s1. The van der Waals surface area contributed by atoms with E-state index in [-0.39, 0.29) is 17.7 Å². The topological polar surface area (TPSA) is 116 Å². The van der Waals surface area contributed by atoms with Crippen LogP contribution >= 0.6 is 11.8 Å². The maximum absolute atomic E-state index is 12.2. The highest BCUT2D eigenvalue weighted by Gasteiger charge is 2.28. The Morgan fingerprint density at radius 2 is 1.93 bits per heavy atom. The Hall–Kier alpha value is -2.75. The number of imide groups is 1. The van der Waals surface area contributed by atoms with E-state index in [1.54, 1.807) is 13.0 Å². The summed E-state index contributed by atoms with van der Waals surface area (Å²) in [5.41, 5.74) is -0.442. The average Bonchev–Trinajstić information content (AvgIpc) is 3.08. The fraction of sp³-hybridized carbons (Fsp3) is 0.444. The van der Waals surface area contributed by atoms with Crippen LogP contribution in [0, 0.1) is 0 Å². The molecule has 0 saturated heterocycles. The monoisotopic (exact) mass is 406 g/mol. The number of nitrogens with zero attached hydrogens (tertiary/aromatic N) is 2. The number of urea groups is 1. The van der Waals surface area contributed by atoms with Crippen LogP contribution in [0.1, 0.15) is 39.7 Å². The largest absolute Gasteiger partial charge is 0.485 e. The SMILES string of the molecule is C[C@H](Sc1nnc([C@@H]2COc3ccccc3O2)o1)C(=O)NC(=O)NC(C)(C)C. The van der Waals surface area contributed by atoms with Gasteiger partial charge < -0.3 is 19.2 Å². The van der Waals surface area contributed by atoms with Gasteiger partial charge in [0.25, 0.3) is 11.1 Å². The molecule has 1 aliphatic heterocycles. The Labute approximate surface area is 166 Å². The summed E-state index contributed by atoms with van der Waals surface area (Å²) in [6, 6.07) is 6.76. The van der Waals surface area contributed by atoms with Crippen molar-refractivity contribution in [1.82, 2.24) is 20.8 Å². The summed E-state index contributed by atoms with van der Waals surface area (Å²) >= 11 is 1.05. The summed E-state index contributed by atoms with van der Waals surface area (Å²) in [4.78, 5) is 24.0. The number of hydrogen-bond acceptors (Lipinski definition) is 8.